The highest BCUT2D eigenvalue weighted by molar-refractivity contribution is 5.77. The van der Waals surface area contributed by atoms with Gasteiger partial charge in [0.05, 0.1) is 6.33 Å². The summed E-state index contributed by atoms with van der Waals surface area (Å²) in [6, 6.07) is 0. The Balaban J connectivity index is 2.73. The number of nitrogens with two attached hydrogens (primary N) is 1. The SMILES string of the molecule is Cn1c(=O)n(CCCO)c(=O)c2c1ncn2CC(N)=O. The van der Waals surface area contributed by atoms with Gasteiger partial charge in [0.2, 0.25) is 5.91 Å². The van der Waals surface area contributed by atoms with Crippen LogP contribution in [0.3, 0.4) is 0 Å². The fourth-order valence-electron chi connectivity index (χ4n) is 2.04. The quantitative estimate of drug-likeness (QED) is 0.641. The molecule has 108 valence electrons. The molecule has 0 bridgehead atoms. The van der Waals surface area contributed by atoms with Crippen molar-refractivity contribution in [2.75, 3.05) is 6.61 Å². The van der Waals surface area contributed by atoms with Gasteiger partial charge in [-0.1, -0.05) is 0 Å². The summed E-state index contributed by atoms with van der Waals surface area (Å²) in [7, 11) is 1.49. The maximum Gasteiger partial charge on any atom is 0.332 e. The lowest BCUT2D eigenvalue weighted by molar-refractivity contribution is -0.118. The van der Waals surface area contributed by atoms with Crippen molar-refractivity contribution in [2.24, 2.45) is 12.8 Å². The molecule has 2 aromatic heterocycles. The van der Waals surface area contributed by atoms with Crippen molar-refractivity contribution in [2.45, 2.75) is 19.5 Å². The molecule has 0 saturated carbocycles. The third-order valence-corrected chi connectivity index (χ3v) is 2.97. The lowest BCUT2D eigenvalue weighted by atomic mass is 10.4. The number of aromatic nitrogens is 4. The summed E-state index contributed by atoms with van der Waals surface area (Å²) >= 11 is 0. The molecule has 0 aliphatic carbocycles. The molecule has 9 heteroatoms. The minimum atomic E-state index is -0.612. The normalized spacial score (nSPS) is 11.1. The second-order valence-electron chi connectivity index (χ2n) is 4.39. The van der Waals surface area contributed by atoms with Crippen molar-refractivity contribution in [3.8, 4) is 0 Å². The molecule has 2 heterocycles. The van der Waals surface area contributed by atoms with Crippen molar-refractivity contribution in [3.05, 3.63) is 27.2 Å². The van der Waals surface area contributed by atoms with E-state index >= 15 is 0 Å². The number of aryl methyl sites for hydroxylation is 1. The summed E-state index contributed by atoms with van der Waals surface area (Å²) < 4.78 is 3.55. The molecule has 0 saturated heterocycles. The number of nitrogens with zero attached hydrogens (tertiary/aromatic N) is 4. The van der Waals surface area contributed by atoms with Crippen molar-refractivity contribution in [3.63, 3.8) is 0 Å². The Kier molecular flexibility index (Phi) is 3.70. The minimum absolute atomic E-state index is 0.0969. The standard InChI is InChI=1S/C11H15N5O4/c1-14-9-8(15(6-13-9)5-7(12)18)10(19)16(11(14)20)3-2-4-17/h6,17H,2-5H2,1H3,(H2,12,18). The molecule has 3 N–H and O–H groups in total. The highest BCUT2D eigenvalue weighted by Crippen LogP contribution is 2.05. The lowest BCUT2D eigenvalue weighted by Crippen LogP contribution is -2.40. The van der Waals surface area contributed by atoms with E-state index in [2.05, 4.69) is 4.98 Å². The first-order chi connectivity index (χ1) is 9.47. The number of rotatable bonds is 5. The number of primary amides is 1. The van der Waals surface area contributed by atoms with Gasteiger partial charge in [0.15, 0.2) is 11.2 Å². The summed E-state index contributed by atoms with van der Waals surface area (Å²) in [5.74, 6) is -0.612. The summed E-state index contributed by atoms with van der Waals surface area (Å²) in [6.07, 6.45) is 1.58. The molecule has 0 aliphatic heterocycles. The van der Waals surface area contributed by atoms with Crippen molar-refractivity contribution >= 4 is 17.1 Å². The third kappa shape index (κ3) is 2.23. The van der Waals surface area contributed by atoms with Crippen LogP contribution in [0.2, 0.25) is 0 Å². The summed E-state index contributed by atoms with van der Waals surface area (Å²) in [6.45, 7) is -0.224. The number of carbonyl (C=O) groups is 1. The molecular formula is C11H15N5O4. The van der Waals surface area contributed by atoms with Gasteiger partial charge in [-0.05, 0) is 6.42 Å². The van der Waals surface area contributed by atoms with E-state index in [1.165, 1.54) is 22.5 Å². The van der Waals surface area contributed by atoms with Crippen LogP contribution < -0.4 is 17.0 Å². The zero-order valence-corrected chi connectivity index (χ0v) is 10.9. The van der Waals surface area contributed by atoms with Crippen LogP contribution in [0.25, 0.3) is 11.2 Å². The molecule has 0 unspecified atom stereocenters. The Morgan fingerprint density at radius 3 is 2.75 bits per heavy atom. The molecule has 9 nitrogen and oxygen atoms in total. The van der Waals surface area contributed by atoms with E-state index in [4.69, 9.17) is 10.8 Å². The maximum atomic E-state index is 12.3. The summed E-state index contributed by atoms with van der Waals surface area (Å²) in [5.41, 5.74) is 4.39. The Morgan fingerprint density at radius 1 is 1.45 bits per heavy atom. The van der Waals surface area contributed by atoms with E-state index in [-0.39, 0.29) is 37.3 Å². The fourth-order valence-corrected chi connectivity index (χ4v) is 2.04. The largest absolute Gasteiger partial charge is 0.396 e. The fraction of sp³-hybridized carbons (Fsp3) is 0.455. The molecule has 1 amide bonds. The number of imidazole rings is 1. The first-order valence-electron chi connectivity index (χ1n) is 6.01. The monoisotopic (exact) mass is 281 g/mol. The first-order valence-corrected chi connectivity index (χ1v) is 6.01. The molecule has 0 aliphatic rings. The van der Waals surface area contributed by atoms with Gasteiger partial charge in [-0.15, -0.1) is 0 Å². The zero-order valence-electron chi connectivity index (χ0n) is 10.9. The molecular weight excluding hydrogens is 266 g/mol. The molecule has 0 atom stereocenters. The van der Waals surface area contributed by atoms with Gasteiger partial charge in [-0.2, -0.15) is 0 Å². The van der Waals surface area contributed by atoms with Gasteiger partial charge in [-0.3, -0.25) is 18.7 Å². The molecule has 0 fully saturated rings. The number of aliphatic hydroxyl groups excluding tert-OH is 1. The van der Waals surface area contributed by atoms with Crippen LogP contribution in [-0.4, -0.2) is 36.3 Å². The maximum absolute atomic E-state index is 12.3. The molecule has 2 rings (SSSR count). The van der Waals surface area contributed by atoms with Crippen molar-refractivity contribution < 1.29 is 9.90 Å². The number of fused-ring (bicyclic) bond motifs is 1. The van der Waals surface area contributed by atoms with Gasteiger partial charge < -0.3 is 15.4 Å². The second-order valence-corrected chi connectivity index (χ2v) is 4.39. The minimum Gasteiger partial charge on any atom is -0.396 e. The predicted molar refractivity (Wildman–Crippen MR) is 70.1 cm³/mol. The van der Waals surface area contributed by atoms with Crippen LogP contribution in [0.15, 0.2) is 15.9 Å². The van der Waals surface area contributed by atoms with Crippen LogP contribution in [0, 0.1) is 0 Å². The summed E-state index contributed by atoms with van der Waals surface area (Å²) in [4.78, 5) is 39.3. The van der Waals surface area contributed by atoms with Crippen LogP contribution >= 0.6 is 0 Å². The van der Waals surface area contributed by atoms with E-state index in [0.29, 0.717) is 0 Å². The van der Waals surface area contributed by atoms with E-state index in [1.54, 1.807) is 0 Å². The van der Waals surface area contributed by atoms with Crippen molar-refractivity contribution in [1.29, 1.82) is 0 Å². The van der Waals surface area contributed by atoms with Crippen LogP contribution in [0.5, 0.6) is 0 Å². The molecule has 0 aromatic carbocycles. The number of hydrogen-bond donors (Lipinski definition) is 2. The molecule has 2 aromatic rings. The zero-order chi connectivity index (χ0) is 14.9. The van der Waals surface area contributed by atoms with Gasteiger partial charge in [0.1, 0.15) is 6.54 Å². The smallest absolute Gasteiger partial charge is 0.332 e. The van der Waals surface area contributed by atoms with E-state index in [9.17, 15) is 14.4 Å². The number of amides is 1. The molecule has 0 spiro atoms. The van der Waals surface area contributed by atoms with E-state index < -0.39 is 17.2 Å². The van der Waals surface area contributed by atoms with Crippen LogP contribution in [0.4, 0.5) is 0 Å². The van der Waals surface area contributed by atoms with Crippen molar-refractivity contribution in [1.82, 2.24) is 18.7 Å². The Morgan fingerprint density at radius 2 is 2.15 bits per heavy atom. The summed E-state index contributed by atoms with van der Waals surface area (Å²) in [5, 5.41) is 8.82. The average molecular weight is 281 g/mol. The van der Waals surface area contributed by atoms with E-state index in [0.717, 1.165) is 4.57 Å². The predicted octanol–water partition coefficient (Wildman–Crippen LogP) is -2.24. The van der Waals surface area contributed by atoms with Crippen LogP contribution in [-0.2, 0) is 24.9 Å². The number of carbonyl (C=O) groups excluding carboxylic acids is 1. The van der Waals surface area contributed by atoms with Gasteiger partial charge >= 0.3 is 5.69 Å². The third-order valence-electron chi connectivity index (χ3n) is 2.97. The highest BCUT2D eigenvalue weighted by atomic mass is 16.3. The Labute approximate surface area is 112 Å². The Hall–Kier alpha value is -2.42. The average Bonchev–Trinajstić information content (AvgIpc) is 2.79. The van der Waals surface area contributed by atoms with Crippen LogP contribution in [0.1, 0.15) is 6.42 Å². The molecule has 0 radical (unpaired) electrons. The lowest BCUT2D eigenvalue weighted by Gasteiger charge is -2.08. The number of hydrogen-bond acceptors (Lipinski definition) is 5. The van der Waals surface area contributed by atoms with Gasteiger partial charge in [0.25, 0.3) is 5.56 Å². The Bertz CT molecular complexity index is 769. The number of aliphatic hydroxyl groups is 1. The first kappa shape index (κ1) is 14.0. The second kappa shape index (κ2) is 5.29. The highest BCUT2D eigenvalue weighted by Gasteiger charge is 2.16. The topological polar surface area (TPSA) is 125 Å². The van der Waals surface area contributed by atoms with Gasteiger partial charge in [0, 0.05) is 20.2 Å². The molecule has 20 heavy (non-hydrogen) atoms. The van der Waals surface area contributed by atoms with Gasteiger partial charge in [-0.25, -0.2) is 9.78 Å². The van der Waals surface area contributed by atoms with E-state index in [1.807, 2.05) is 0 Å².